The number of nitrogens with zero attached hydrogens (tertiary/aromatic N) is 1. The molecule has 1 atom stereocenters. The SMILES string of the molecule is COc1ccccc1C1CNCCN1C(=O)c1ccc(Br)o1. The van der Waals surface area contributed by atoms with Crippen LogP contribution in [0, 0.1) is 0 Å². The average molecular weight is 365 g/mol. The molecule has 22 heavy (non-hydrogen) atoms. The molecule has 6 heteroatoms. The van der Waals surface area contributed by atoms with Gasteiger partial charge in [0.05, 0.1) is 13.2 Å². The Morgan fingerprint density at radius 3 is 2.91 bits per heavy atom. The van der Waals surface area contributed by atoms with Crippen molar-refractivity contribution >= 4 is 21.8 Å². The summed E-state index contributed by atoms with van der Waals surface area (Å²) < 4.78 is 11.4. The Labute approximate surface area is 137 Å². The smallest absolute Gasteiger partial charge is 0.290 e. The summed E-state index contributed by atoms with van der Waals surface area (Å²) in [5, 5.41) is 3.34. The van der Waals surface area contributed by atoms with E-state index < -0.39 is 0 Å². The van der Waals surface area contributed by atoms with Gasteiger partial charge >= 0.3 is 0 Å². The Kier molecular flexibility index (Phi) is 4.49. The number of rotatable bonds is 3. The van der Waals surface area contributed by atoms with Crippen LogP contribution in [0.4, 0.5) is 0 Å². The van der Waals surface area contributed by atoms with Crippen LogP contribution in [0.25, 0.3) is 0 Å². The van der Waals surface area contributed by atoms with Crippen molar-refractivity contribution in [3.63, 3.8) is 0 Å². The Bertz CT molecular complexity index is 671. The van der Waals surface area contributed by atoms with E-state index in [1.807, 2.05) is 29.2 Å². The number of nitrogens with one attached hydrogen (secondary N) is 1. The van der Waals surface area contributed by atoms with Crippen molar-refractivity contribution in [2.75, 3.05) is 26.7 Å². The second-order valence-corrected chi connectivity index (χ2v) is 5.85. The molecule has 1 aromatic carbocycles. The first-order chi connectivity index (χ1) is 10.7. The van der Waals surface area contributed by atoms with Gasteiger partial charge in [-0.2, -0.15) is 0 Å². The molecule has 1 aliphatic heterocycles. The van der Waals surface area contributed by atoms with Crippen LogP contribution in [0.2, 0.25) is 0 Å². The van der Waals surface area contributed by atoms with Gasteiger partial charge in [-0.25, -0.2) is 0 Å². The Balaban J connectivity index is 1.93. The van der Waals surface area contributed by atoms with E-state index in [2.05, 4.69) is 21.2 Å². The zero-order chi connectivity index (χ0) is 15.5. The van der Waals surface area contributed by atoms with Gasteiger partial charge in [-0.3, -0.25) is 4.79 Å². The van der Waals surface area contributed by atoms with Crippen LogP contribution in [0.3, 0.4) is 0 Å². The molecule has 0 aliphatic carbocycles. The number of furan rings is 1. The Hall–Kier alpha value is -1.79. The largest absolute Gasteiger partial charge is 0.496 e. The van der Waals surface area contributed by atoms with Crippen LogP contribution < -0.4 is 10.1 Å². The first kappa shape index (κ1) is 15.1. The van der Waals surface area contributed by atoms with Gasteiger partial charge in [0.1, 0.15) is 5.75 Å². The number of piperazine rings is 1. The van der Waals surface area contributed by atoms with Crippen molar-refractivity contribution in [3.05, 3.63) is 52.4 Å². The highest BCUT2D eigenvalue weighted by Gasteiger charge is 2.31. The fourth-order valence-corrected chi connectivity index (χ4v) is 3.04. The molecule has 1 aliphatic rings. The normalized spacial score (nSPS) is 18.3. The molecular formula is C16H17BrN2O3. The molecule has 3 rings (SSSR count). The van der Waals surface area contributed by atoms with Gasteiger partial charge in [-0.1, -0.05) is 18.2 Å². The molecule has 1 amide bonds. The van der Waals surface area contributed by atoms with Crippen LogP contribution in [0.5, 0.6) is 5.75 Å². The highest BCUT2D eigenvalue weighted by Crippen LogP contribution is 2.31. The number of amides is 1. The van der Waals surface area contributed by atoms with Gasteiger partial charge in [0.15, 0.2) is 10.4 Å². The number of para-hydroxylation sites is 1. The molecule has 116 valence electrons. The monoisotopic (exact) mass is 364 g/mol. The van der Waals surface area contributed by atoms with Crippen LogP contribution in [-0.2, 0) is 0 Å². The minimum absolute atomic E-state index is 0.0822. The minimum atomic E-state index is -0.108. The third kappa shape index (κ3) is 2.89. The second kappa shape index (κ2) is 6.54. The number of carbonyl (C=O) groups is 1. The molecule has 2 heterocycles. The zero-order valence-electron chi connectivity index (χ0n) is 12.2. The fraction of sp³-hybridized carbons (Fsp3) is 0.312. The molecule has 0 bridgehead atoms. The first-order valence-corrected chi connectivity index (χ1v) is 7.90. The van der Waals surface area contributed by atoms with Gasteiger partial charge in [0.2, 0.25) is 0 Å². The fourth-order valence-electron chi connectivity index (χ4n) is 2.74. The molecule has 0 spiro atoms. The molecule has 1 unspecified atom stereocenters. The van der Waals surface area contributed by atoms with Crippen molar-refractivity contribution in [1.82, 2.24) is 10.2 Å². The number of carbonyl (C=O) groups excluding carboxylic acids is 1. The van der Waals surface area contributed by atoms with E-state index in [0.29, 0.717) is 23.5 Å². The number of methoxy groups -OCH3 is 1. The van der Waals surface area contributed by atoms with Gasteiger partial charge in [0, 0.05) is 25.2 Å². The topological polar surface area (TPSA) is 54.7 Å². The predicted octanol–water partition coefficient (Wildman–Crippen LogP) is 2.84. The van der Waals surface area contributed by atoms with Gasteiger partial charge in [-0.15, -0.1) is 0 Å². The summed E-state index contributed by atoms with van der Waals surface area (Å²) in [6, 6.07) is 11.1. The number of halogens is 1. The lowest BCUT2D eigenvalue weighted by atomic mass is 10.0. The summed E-state index contributed by atoms with van der Waals surface area (Å²) in [5.74, 6) is 1.02. The Morgan fingerprint density at radius 1 is 1.36 bits per heavy atom. The summed E-state index contributed by atoms with van der Waals surface area (Å²) in [5.41, 5.74) is 0.996. The molecule has 0 saturated carbocycles. The van der Waals surface area contributed by atoms with E-state index in [1.54, 1.807) is 19.2 Å². The number of hydrogen-bond acceptors (Lipinski definition) is 4. The standard InChI is InChI=1S/C16H17BrN2O3/c1-21-13-5-3-2-4-11(13)12-10-18-8-9-19(12)16(20)14-6-7-15(17)22-14/h2-7,12,18H,8-10H2,1H3. The third-order valence-electron chi connectivity index (χ3n) is 3.79. The van der Waals surface area contributed by atoms with Crippen LogP contribution >= 0.6 is 15.9 Å². The van der Waals surface area contributed by atoms with E-state index in [4.69, 9.17) is 9.15 Å². The van der Waals surface area contributed by atoms with Crippen LogP contribution in [0.15, 0.2) is 45.5 Å². The van der Waals surface area contributed by atoms with Crippen molar-refractivity contribution in [2.24, 2.45) is 0 Å². The molecular weight excluding hydrogens is 348 g/mol. The third-order valence-corrected chi connectivity index (χ3v) is 4.21. The minimum Gasteiger partial charge on any atom is -0.496 e. The molecule has 1 fully saturated rings. The van der Waals surface area contributed by atoms with Crippen LogP contribution in [0.1, 0.15) is 22.2 Å². The lowest BCUT2D eigenvalue weighted by Crippen LogP contribution is -2.48. The molecule has 0 radical (unpaired) electrons. The maximum atomic E-state index is 12.7. The lowest BCUT2D eigenvalue weighted by Gasteiger charge is -2.36. The van der Waals surface area contributed by atoms with E-state index in [-0.39, 0.29) is 11.9 Å². The maximum absolute atomic E-state index is 12.7. The molecule has 1 saturated heterocycles. The summed E-state index contributed by atoms with van der Waals surface area (Å²) in [6.07, 6.45) is 0. The average Bonchev–Trinajstić information content (AvgIpc) is 3.00. The summed E-state index contributed by atoms with van der Waals surface area (Å²) in [4.78, 5) is 14.6. The summed E-state index contributed by atoms with van der Waals surface area (Å²) >= 11 is 3.24. The van der Waals surface area contributed by atoms with Crippen LogP contribution in [-0.4, -0.2) is 37.6 Å². The van der Waals surface area contributed by atoms with Crippen molar-refractivity contribution < 1.29 is 13.9 Å². The van der Waals surface area contributed by atoms with Crippen molar-refractivity contribution in [2.45, 2.75) is 6.04 Å². The summed E-state index contributed by atoms with van der Waals surface area (Å²) in [6.45, 7) is 2.08. The molecule has 1 N–H and O–H groups in total. The second-order valence-electron chi connectivity index (χ2n) is 5.06. The quantitative estimate of drug-likeness (QED) is 0.909. The van der Waals surface area contributed by atoms with Crippen molar-refractivity contribution in [3.8, 4) is 5.75 Å². The predicted molar refractivity (Wildman–Crippen MR) is 86.0 cm³/mol. The number of ether oxygens (including phenoxy) is 1. The number of hydrogen-bond donors (Lipinski definition) is 1. The van der Waals surface area contributed by atoms with Gasteiger partial charge < -0.3 is 19.4 Å². The zero-order valence-corrected chi connectivity index (χ0v) is 13.8. The van der Waals surface area contributed by atoms with Gasteiger partial charge in [-0.05, 0) is 34.1 Å². The number of benzene rings is 1. The van der Waals surface area contributed by atoms with E-state index >= 15 is 0 Å². The Morgan fingerprint density at radius 2 is 2.18 bits per heavy atom. The highest BCUT2D eigenvalue weighted by molar-refractivity contribution is 9.10. The van der Waals surface area contributed by atoms with Gasteiger partial charge in [0.25, 0.3) is 5.91 Å². The molecule has 1 aromatic heterocycles. The summed E-state index contributed by atoms with van der Waals surface area (Å²) in [7, 11) is 1.64. The lowest BCUT2D eigenvalue weighted by molar-refractivity contribution is 0.0597. The van der Waals surface area contributed by atoms with E-state index in [0.717, 1.165) is 17.9 Å². The molecule has 5 nitrogen and oxygen atoms in total. The maximum Gasteiger partial charge on any atom is 0.290 e. The first-order valence-electron chi connectivity index (χ1n) is 7.10. The van der Waals surface area contributed by atoms with Crippen molar-refractivity contribution in [1.29, 1.82) is 0 Å². The van der Waals surface area contributed by atoms with E-state index in [9.17, 15) is 4.79 Å². The molecule has 2 aromatic rings. The van der Waals surface area contributed by atoms with E-state index in [1.165, 1.54) is 0 Å². The highest BCUT2D eigenvalue weighted by atomic mass is 79.9.